The van der Waals surface area contributed by atoms with Crippen molar-refractivity contribution in [3.05, 3.63) is 66.2 Å². The first kappa shape index (κ1) is 14.8. The molecule has 0 saturated carbocycles. The van der Waals surface area contributed by atoms with Crippen molar-refractivity contribution in [3.63, 3.8) is 0 Å². The monoisotopic (exact) mass is 290 g/mol. The van der Waals surface area contributed by atoms with E-state index in [-0.39, 0.29) is 12.4 Å². The molecule has 106 valence electrons. The molecule has 2 aromatic carbocycles. The molecule has 3 nitrogen and oxygen atoms in total. The van der Waals surface area contributed by atoms with Crippen LogP contribution >= 0.6 is 0 Å². The lowest BCUT2D eigenvalue weighted by Crippen LogP contribution is -2.24. The summed E-state index contributed by atoms with van der Waals surface area (Å²) in [5.41, 5.74) is 1.02. The standard InChI is InChI=1S/C16H18O3S/c17-15(11-19-16-9-5-2-6-10-16)13-20(18)12-14-7-3-1-4-8-14/h1-10,15,17H,11-13H2. The van der Waals surface area contributed by atoms with Crippen LogP contribution in [-0.2, 0) is 16.6 Å². The lowest BCUT2D eigenvalue weighted by molar-refractivity contribution is 0.125. The summed E-state index contributed by atoms with van der Waals surface area (Å²) in [5.74, 6) is 1.39. The lowest BCUT2D eigenvalue weighted by Gasteiger charge is -2.12. The first-order valence-corrected chi connectivity index (χ1v) is 7.97. The highest BCUT2D eigenvalue weighted by Crippen LogP contribution is 2.09. The van der Waals surface area contributed by atoms with E-state index in [2.05, 4.69) is 0 Å². The van der Waals surface area contributed by atoms with Crippen LogP contribution in [0.1, 0.15) is 5.56 Å². The molecule has 20 heavy (non-hydrogen) atoms. The maximum Gasteiger partial charge on any atom is 0.119 e. The molecule has 0 amide bonds. The van der Waals surface area contributed by atoms with Crippen LogP contribution in [0.15, 0.2) is 60.7 Å². The van der Waals surface area contributed by atoms with Crippen LogP contribution in [0.4, 0.5) is 0 Å². The highest BCUT2D eigenvalue weighted by atomic mass is 32.2. The molecule has 0 aliphatic carbocycles. The van der Waals surface area contributed by atoms with E-state index in [4.69, 9.17) is 4.74 Å². The van der Waals surface area contributed by atoms with Crippen LogP contribution in [0.25, 0.3) is 0 Å². The number of aliphatic hydroxyl groups is 1. The second-order valence-electron chi connectivity index (χ2n) is 4.51. The molecule has 2 rings (SSSR count). The molecular weight excluding hydrogens is 272 g/mol. The molecule has 0 aliphatic heterocycles. The topological polar surface area (TPSA) is 46.5 Å². The highest BCUT2D eigenvalue weighted by molar-refractivity contribution is 7.84. The van der Waals surface area contributed by atoms with Gasteiger partial charge in [0.2, 0.25) is 0 Å². The maximum atomic E-state index is 11.9. The minimum atomic E-state index is -1.09. The number of rotatable bonds is 7. The maximum absolute atomic E-state index is 11.9. The summed E-state index contributed by atoms with van der Waals surface area (Å²) in [6, 6.07) is 18.9. The van der Waals surface area contributed by atoms with Crippen molar-refractivity contribution < 1.29 is 14.1 Å². The summed E-state index contributed by atoms with van der Waals surface area (Å²) in [5, 5.41) is 9.84. The Balaban J connectivity index is 1.74. The van der Waals surface area contributed by atoms with Crippen LogP contribution in [-0.4, -0.2) is 27.8 Å². The van der Waals surface area contributed by atoms with Crippen LogP contribution in [0.3, 0.4) is 0 Å². The SMILES string of the molecule is O=S(Cc1ccccc1)CC(O)COc1ccccc1. The first-order valence-electron chi connectivity index (χ1n) is 6.49. The van der Waals surface area contributed by atoms with Crippen molar-refractivity contribution in [2.75, 3.05) is 12.4 Å². The first-order chi connectivity index (χ1) is 9.74. The number of aliphatic hydroxyl groups excluding tert-OH is 1. The molecule has 0 heterocycles. The van der Waals surface area contributed by atoms with Gasteiger partial charge in [-0.1, -0.05) is 48.5 Å². The molecule has 0 saturated heterocycles. The van der Waals surface area contributed by atoms with E-state index in [9.17, 15) is 9.32 Å². The van der Waals surface area contributed by atoms with Crippen molar-refractivity contribution in [2.45, 2.75) is 11.9 Å². The number of ether oxygens (including phenoxy) is 1. The Kier molecular flexibility index (Phi) is 5.77. The van der Waals surface area contributed by atoms with Gasteiger partial charge < -0.3 is 9.84 Å². The molecule has 2 aromatic rings. The number of hydrogen-bond donors (Lipinski definition) is 1. The van der Waals surface area contributed by atoms with Gasteiger partial charge in [-0.2, -0.15) is 0 Å². The van der Waals surface area contributed by atoms with Gasteiger partial charge in [0.25, 0.3) is 0 Å². The van der Waals surface area contributed by atoms with E-state index in [0.717, 1.165) is 5.56 Å². The van der Waals surface area contributed by atoms with Crippen LogP contribution < -0.4 is 4.74 Å². The van der Waals surface area contributed by atoms with Gasteiger partial charge >= 0.3 is 0 Å². The Morgan fingerprint density at radius 3 is 2.25 bits per heavy atom. The molecule has 0 aliphatic rings. The van der Waals surface area contributed by atoms with Crippen molar-refractivity contribution in [2.24, 2.45) is 0 Å². The Morgan fingerprint density at radius 2 is 1.60 bits per heavy atom. The zero-order chi connectivity index (χ0) is 14.2. The highest BCUT2D eigenvalue weighted by Gasteiger charge is 2.11. The third kappa shape index (κ3) is 5.15. The molecule has 1 N–H and O–H groups in total. The summed E-state index contributed by atoms with van der Waals surface area (Å²) < 4.78 is 17.4. The average Bonchev–Trinajstić information content (AvgIpc) is 2.47. The van der Waals surface area contributed by atoms with Crippen molar-refractivity contribution in [1.82, 2.24) is 0 Å². The predicted octanol–water partition coefficient (Wildman–Crippen LogP) is 2.38. The van der Waals surface area contributed by atoms with E-state index in [1.54, 1.807) is 0 Å². The number of hydrogen-bond acceptors (Lipinski definition) is 3. The minimum Gasteiger partial charge on any atom is -0.491 e. The zero-order valence-corrected chi connectivity index (χ0v) is 12.0. The van der Waals surface area contributed by atoms with Gasteiger partial charge in [0, 0.05) is 16.6 Å². The molecule has 0 bridgehead atoms. The van der Waals surface area contributed by atoms with E-state index in [1.807, 2.05) is 60.7 Å². The number of benzene rings is 2. The Bertz CT molecular complexity index is 528. The number of para-hydroxylation sites is 1. The third-order valence-electron chi connectivity index (χ3n) is 2.73. The van der Waals surface area contributed by atoms with Crippen molar-refractivity contribution in [1.29, 1.82) is 0 Å². The van der Waals surface area contributed by atoms with Gasteiger partial charge in [-0.05, 0) is 17.7 Å². The molecule has 0 spiro atoms. The smallest absolute Gasteiger partial charge is 0.119 e. The molecule has 0 aromatic heterocycles. The van der Waals surface area contributed by atoms with Gasteiger partial charge in [0.15, 0.2) is 0 Å². The van der Waals surface area contributed by atoms with Crippen LogP contribution in [0.5, 0.6) is 5.75 Å². The van der Waals surface area contributed by atoms with E-state index in [1.165, 1.54) is 0 Å². The predicted molar refractivity (Wildman–Crippen MR) is 81.1 cm³/mol. The third-order valence-corrected chi connectivity index (χ3v) is 4.15. The summed E-state index contributed by atoms with van der Waals surface area (Å²) in [7, 11) is -1.09. The van der Waals surface area contributed by atoms with Crippen molar-refractivity contribution in [3.8, 4) is 5.75 Å². The van der Waals surface area contributed by atoms with E-state index in [0.29, 0.717) is 11.5 Å². The Hall–Kier alpha value is -1.65. The lowest BCUT2D eigenvalue weighted by atomic mass is 10.2. The van der Waals surface area contributed by atoms with Crippen LogP contribution in [0, 0.1) is 0 Å². The van der Waals surface area contributed by atoms with E-state index >= 15 is 0 Å². The van der Waals surface area contributed by atoms with Gasteiger partial charge in [-0.25, -0.2) is 0 Å². The molecule has 0 fully saturated rings. The zero-order valence-electron chi connectivity index (χ0n) is 11.1. The Labute approximate surface area is 121 Å². The second kappa shape index (κ2) is 7.82. The van der Waals surface area contributed by atoms with Crippen LogP contribution in [0.2, 0.25) is 0 Å². The molecule has 4 heteroatoms. The fourth-order valence-corrected chi connectivity index (χ4v) is 3.00. The summed E-state index contributed by atoms with van der Waals surface area (Å²) in [6.07, 6.45) is -0.722. The van der Waals surface area contributed by atoms with Gasteiger partial charge in [-0.3, -0.25) is 4.21 Å². The molecule has 0 radical (unpaired) electrons. The quantitative estimate of drug-likeness (QED) is 0.851. The van der Waals surface area contributed by atoms with Gasteiger partial charge in [-0.15, -0.1) is 0 Å². The van der Waals surface area contributed by atoms with E-state index < -0.39 is 16.9 Å². The summed E-state index contributed by atoms with van der Waals surface area (Å²) in [6.45, 7) is 0.157. The minimum absolute atomic E-state index is 0.157. The van der Waals surface area contributed by atoms with Gasteiger partial charge in [0.1, 0.15) is 12.4 Å². The molecular formula is C16H18O3S. The van der Waals surface area contributed by atoms with Gasteiger partial charge in [0.05, 0.1) is 11.9 Å². The second-order valence-corrected chi connectivity index (χ2v) is 6.02. The fraction of sp³-hybridized carbons (Fsp3) is 0.250. The Morgan fingerprint density at radius 1 is 1.00 bits per heavy atom. The van der Waals surface area contributed by atoms with Crippen molar-refractivity contribution >= 4 is 10.8 Å². The molecule has 2 unspecified atom stereocenters. The summed E-state index contributed by atoms with van der Waals surface area (Å²) >= 11 is 0. The average molecular weight is 290 g/mol. The largest absolute Gasteiger partial charge is 0.491 e. The normalized spacial score (nSPS) is 13.7. The summed E-state index contributed by atoms with van der Waals surface area (Å²) in [4.78, 5) is 0. The molecule has 2 atom stereocenters. The fourth-order valence-electron chi connectivity index (χ4n) is 1.79.